The number of pyridine rings is 2. The molecule has 0 bridgehead atoms. The highest BCUT2D eigenvalue weighted by atomic mass is 16.5. The van der Waals surface area contributed by atoms with E-state index in [-0.39, 0.29) is 18.2 Å². The Morgan fingerprint density at radius 1 is 1.30 bits per heavy atom. The second kappa shape index (κ2) is 10.6. The van der Waals surface area contributed by atoms with Gasteiger partial charge in [0, 0.05) is 37.6 Å². The van der Waals surface area contributed by atoms with Crippen molar-refractivity contribution in [2.24, 2.45) is 5.92 Å². The Balaban J connectivity index is 1.22. The van der Waals surface area contributed by atoms with E-state index in [9.17, 15) is 14.7 Å². The fourth-order valence-corrected chi connectivity index (χ4v) is 4.35. The number of carboxylic acid groups (broad SMARTS) is 1. The van der Waals surface area contributed by atoms with Crippen LogP contribution in [-0.2, 0) is 22.4 Å². The number of hydrogen-bond acceptors (Lipinski definition) is 7. The molecule has 0 spiro atoms. The Morgan fingerprint density at radius 2 is 2.15 bits per heavy atom. The van der Waals surface area contributed by atoms with Gasteiger partial charge in [-0.2, -0.15) is 0 Å². The Bertz CT molecular complexity index is 975. The largest absolute Gasteiger partial charge is 0.481 e. The first-order valence-corrected chi connectivity index (χ1v) is 11.5. The lowest BCUT2D eigenvalue weighted by molar-refractivity contribution is -0.138. The number of fused-ring (bicyclic) bond motifs is 1. The molecule has 4 rings (SSSR count). The van der Waals surface area contributed by atoms with Crippen LogP contribution in [0.1, 0.15) is 42.1 Å². The van der Waals surface area contributed by atoms with Gasteiger partial charge < -0.3 is 25.4 Å². The second-order valence-electron chi connectivity index (χ2n) is 8.69. The van der Waals surface area contributed by atoms with E-state index < -0.39 is 12.0 Å². The number of methoxy groups -OCH3 is 1. The van der Waals surface area contributed by atoms with Gasteiger partial charge in [0.2, 0.25) is 11.8 Å². The summed E-state index contributed by atoms with van der Waals surface area (Å²) in [4.78, 5) is 35.1. The number of aliphatic carboxylic acids is 1. The third-order valence-corrected chi connectivity index (χ3v) is 6.25. The first kappa shape index (κ1) is 23.0. The number of carboxylic acids is 1. The summed E-state index contributed by atoms with van der Waals surface area (Å²) >= 11 is 0. The summed E-state index contributed by atoms with van der Waals surface area (Å²) in [6, 6.07) is 7.08. The minimum atomic E-state index is -0.975. The molecule has 33 heavy (non-hydrogen) atoms. The normalized spacial score (nSPS) is 16.8. The summed E-state index contributed by atoms with van der Waals surface area (Å²) in [5.74, 6) is 0.254. The van der Waals surface area contributed by atoms with Gasteiger partial charge in [-0.25, -0.2) is 9.97 Å². The lowest BCUT2D eigenvalue weighted by Gasteiger charge is -2.38. The predicted molar refractivity (Wildman–Crippen MR) is 123 cm³/mol. The van der Waals surface area contributed by atoms with E-state index in [0.29, 0.717) is 24.5 Å². The van der Waals surface area contributed by atoms with Crippen molar-refractivity contribution in [3.05, 3.63) is 47.3 Å². The van der Waals surface area contributed by atoms with Crippen LogP contribution in [0.3, 0.4) is 0 Å². The third-order valence-electron chi connectivity index (χ3n) is 6.25. The van der Waals surface area contributed by atoms with E-state index in [2.05, 4.69) is 32.7 Å². The van der Waals surface area contributed by atoms with Crippen molar-refractivity contribution < 1.29 is 19.4 Å². The highest BCUT2D eigenvalue weighted by molar-refractivity contribution is 5.81. The smallest absolute Gasteiger partial charge is 0.305 e. The maximum absolute atomic E-state index is 12.7. The van der Waals surface area contributed by atoms with Gasteiger partial charge in [0.1, 0.15) is 5.82 Å². The van der Waals surface area contributed by atoms with Gasteiger partial charge >= 0.3 is 5.97 Å². The summed E-state index contributed by atoms with van der Waals surface area (Å²) in [6.45, 7) is 3.28. The van der Waals surface area contributed by atoms with Crippen LogP contribution in [0.2, 0.25) is 0 Å². The number of rotatable bonds is 10. The molecular formula is C24H31N5O4. The molecule has 2 aromatic heterocycles. The lowest BCUT2D eigenvalue weighted by atomic mass is 9.97. The molecule has 1 unspecified atom stereocenters. The second-order valence-corrected chi connectivity index (χ2v) is 8.69. The Labute approximate surface area is 193 Å². The van der Waals surface area contributed by atoms with Gasteiger partial charge in [0.25, 0.3) is 0 Å². The van der Waals surface area contributed by atoms with Gasteiger partial charge in [-0.15, -0.1) is 0 Å². The van der Waals surface area contributed by atoms with E-state index in [0.717, 1.165) is 50.3 Å². The van der Waals surface area contributed by atoms with Crippen LogP contribution in [0.25, 0.3) is 0 Å². The van der Waals surface area contributed by atoms with E-state index in [1.54, 1.807) is 18.3 Å². The Hall–Kier alpha value is -3.20. The standard InChI is InChI=1S/C24H31N5O4/c1-33-21-9-7-17(13-26-21)20(12-22(30)31)28-24(32)18-14-29(15-18)11-3-5-19-8-6-16-4-2-10-25-23(16)27-19/h6-9,13,18,20H,2-5,10-12,14-15H2,1H3,(H,25,27)(H,28,32)(H,30,31). The summed E-state index contributed by atoms with van der Waals surface area (Å²) in [6.07, 6.45) is 5.50. The zero-order valence-electron chi connectivity index (χ0n) is 18.9. The number of anilines is 1. The quantitative estimate of drug-likeness (QED) is 0.500. The molecule has 2 aliphatic rings. The summed E-state index contributed by atoms with van der Waals surface area (Å²) in [5, 5.41) is 15.5. The van der Waals surface area contributed by atoms with Crippen LogP contribution in [0, 0.1) is 5.92 Å². The molecule has 0 saturated carbocycles. The number of amides is 1. The van der Waals surface area contributed by atoms with E-state index >= 15 is 0 Å². The summed E-state index contributed by atoms with van der Waals surface area (Å²) < 4.78 is 5.05. The zero-order chi connectivity index (χ0) is 23.2. The van der Waals surface area contributed by atoms with Gasteiger partial charge in [-0.3, -0.25) is 9.59 Å². The molecule has 1 saturated heterocycles. The number of nitrogens with one attached hydrogen (secondary N) is 2. The fourth-order valence-electron chi connectivity index (χ4n) is 4.35. The average molecular weight is 454 g/mol. The first-order valence-electron chi connectivity index (χ1n) is 11.5. The number of carbonyl (C=O) groups excluding carboxylic acids is 1. The zero-order valence-corrected chi connectivity index (χ0v) is 18.9. The van der Waals surface area contributed by atoms with Crippen molar-refractivity contribution in [2.75, 3.05) is 38.6 Å². The number of ether oxygens (including phenoxy) is 1. The molecule has 2 aliphatic heterocycles. The Morgan fingerprint density at radius 3 is 2.88 bits per heavy atom. The molecule has 176 valence electrons. The molecule has 2 aromatic rings. The van der Waals surface area contributed by atoms with Crippen molar-refractivity contribution in [1.82, 2.24) is 20.2 Å². The minimum absolute atomic E-state index is 0.115. The molecular weight excluding hydrogens is 422 g/mol. The number of nitrogens with zero attached hydrogens (tertiary/aromatic N) is 3. The summed E-state index contributed by atoms with van der Waals surface area (Å²) in [5.41, 5.74) is 3.05. The fraction of sp³-hybridized carbons (Fsp3) is 0.500. The molecule has 3 N–H and O–H groups in total. The SMILES string of the molecule is COc1ccc(C(CC(=O)O)NC(=O)C2CN(CCCc3ccc4c(n3)NCCC4)C2)cn1. The average Bonchev–Trinajstić information content (AvgIpc) is 2.79. The van der Waals surface area contributed by atoms with E-state index in [1.165, 1.54) is 12.7 Å². The van der Waals surface area contributed by atoms with Crippen LogP contribution < -0.4 is 15.4 Å². The number of likely N-dealkylation sites (tertiary alicyclic amines) is 1. The van der Waals surface area contributed by atoms with Gasteiger partial charge in [-0.1, -0.05) is 12.1 Å². The minimum Gasteiger partial charge on any atom is -0.481 e. The monoisotopic (exact) mass is 453 g/mol. The van der Waals surface area contributed by atoms with Crippen LogP contribution in [0.4, 0.5) is 5.82 Å². The molecule has 1 atom stereocenters. The molecule has 0 aromatic carbocycles. The van der Waals surface area contributed by atoms with Crippen LogP contribution in [0.5, 0.6) is 5.88 Å². The van der Waals surface area contributed by atoms with Gasteiger partial charge in [0.05, 0.1) is 25.5 Å². The number of hydrogen-bond donors (Lipinski definition) is 3. The van der Waals surface area contributed by atoms with Crippen molar-refractivity contribution >= 4 is 17.7 Å². The maximum atomic E-state index is 12.7. The van der Waals surface area contributed by atoms with Crippen molar-refractivity contribution in [1.29, 1.82) is 0 Å². The molecule has 0 aliphatic carbocycles. The third kappa shape index (κ3) is 5.98. The topological polar surface area (TPSA) is 117 Å². The highest BCUT2D eigenvalue weighted by Crippen LogP contribution is 2.23. The van der Waals surface area contributed by atoms with E-state index in [4.69, 9.17) is 9.72 Å². The Kier molecular flexibility index (Phi) is 7.39. The number of aryl methyl sites for hydroxylation is 2. The molecule has 0 radical (unpaired) electrons. The van der Waals surface area contributed by atoms with Crippen molar-refractivity contribution in [3.63, 3.8) is 0 Å². The van der Waals surface area contributed by atoms with Crippen molar-refractivity contribution in [3.8, 4) is 5.88 Å². The van der Waals surface area contributed by atoms with Gasteiger partial charge in [0.15, 0.2) is 0 Å². The van der Waals surface area contributed by atoms with Crippen LogP contribution in [-0.4, -0.2) is 65.1 Å². The highest BCUT2D eigenvalue weighted by Gasteiger charge is 2.33. The van der Waals surface area contributed by atoms with Crippen molar-refractivity contribution in [2.45, 2.75) is 38.1 Å². The molecule has 9 nitrogen and oxygen atoms in total. The predicted octanol–water partition coefficient (Wildman–Crippen LogP) is 2.04. The van der Waals surface area contributed by atoms with E-state index in [1.807, 2.05) is 0 Å². The maximum Gasteiger partial charge on any atom is 0.305 e. The van der Waals surface area contributed by atoms with Crippen LogP contribution >= 0.6 is 0 Å². The summed E-state index contributed by atoms with van der Waals surface area (Å²) in [7, 11) is 1.52. The number of carbonyl (C=O) groups is 2. The van der Waals surface area contributed by atoms with Gasteiger partial charge in [-0.05, 0) is 49.4 Å². The molecule has 9 heteroatoms. The molecule has 1 amide bonds. The molecule has 4 heterocycles. The number of aromatic nitrogens is 2. The first-order chi connectivity index (χ1) is 16.0. The van der Waals surface area contributed by atoms with Crippen LogP contribution in [0.15, 0.2) is 30.5 Å². The molecule has 1 fully saturated rings. The lowest BCUT2D eigenvalue weighted by Crippen LogP contribution is -2.54.